The Morgan fingerprint density at radius 2 is 2.36 bits per heavy atom. The van der Waals surface area contributed by atoms with Crippen LogP contribution in [0.1, 0.15) is 31.7 Å². The van der Waals surface area contributed by atoms with Gasteiger partial charge in [0.25, 0.3) is 0 Å². The lowest BCUT2D eigenvalue weighted by Crippen LogP contribution is -2.61. The van der Waals surface area contributed by atoms with Gasteiger partial charge in [0.2, 0.25) is 0 Å². The fourth-order valence-corrected chi connectivity index (χ4v) is 3.13. The fourth-order valence-electron chi connectivity index (χ4n) is 3.13. The lowest BCUT2D eigenvalue weighted by atomic mass is 9.58. The van der Waals surface area contributed by atoms with Gasteiger partial charge in [0.15, 0.2) is 0 Å². The molecule has 14 heavy (non-hydrogen) atoms. The number of nitrogens with one attached hydrogen (secondary N) is 2. The van der Waals surface area contributed by atoms with Crippen LogP contribution in [0.25, 0.3) is 0 Å². The number of aromatic amines is 1. The highest BCUT2D eigenvalue weighted by Gasteiger charge is 2.53. The summed E-state index contributed by atoms with van der Waals surface area (Å²) in [5, 5.41) is 3.67. The van der Waals surface area contributed by atoms with Gasteiger partial charge in [-0.25, -0.2) is 4.98 Å². The zero-order valence-electron chi connectivity index (χ0n) is 8.80. The number of nitrogens with zero attached hydrogens (tertiary/aromatic N) is 1. The highest BCUT2D eigenvalue weighted by molar-refractivity contribution is 5.30. The van der Waals surface area contributed by atoms with Crippen molar-refractivity contribution in [3.63, 3.8) is 0 Å². The first-order chi connectivity index (χ1) is 6.74. The Bertz CT molecular complexity index is 357. The highest BCUT2D eigenvalue weighted by Crippen LogP contribution is 2.51. The lowest BCUT2D eigenvalue weighted by molar-refractivity contribution is 0.0159. The summed E-state index contributed by atoms with van der Waals surface area (Å²) in [5.74, 6) is 1.54. The zero-order valence-corrected chi connectivity index (χ0v) is 8.80. The molecular weight excluding hydrogens is 174 g/mol. The minimum atomic E-state index is 0.201. The van der Waals surface area contributed by atoms with Crippen molar-refractivity contribution in [2.24, 2.45) is 11.8 Å². The van der Waals surface area contributed by atoms with Crippen molar-refractivity contribution in [2.75, 3.05) is 6.54 Å². The molecule has 1 spiro atoms. The van der Waals surface area contributed by atoms with E-state index >= 15 is 0 Å². The van der Waals surface area contributed by atoms with Crippen molar-refractivity contribution < 1.29 is 0 Å². The molecule has 3 atom stereocenters. The molecule has 0 amide bonds. The van der Waals surface area contributed by atoms with Gasteiger partial charge in [0.1, 0.15) is 0 Å². The number of H-pyrrole nitrogens is 1. The molecule has 3 heteroatoms. The minimum Gasteiger partial charge on any atom is -0.348 e. The van der Waals surface area contributed by atoms with E-state index in [2.05, 4.69) is 29.1 Å². The summed E-state index contributed by atoms with van der Waals surface area (Å²) >= 11 is 0. The second kappa shape index (κ2) is 2.60. The fraction of sp³-hybridized carbons (Fsp3) is 0.727. The van der Waals surface area contributed by atoms with E-state index in [4.69, 9.17) is 0 Å². The molecule has 1 aliphatic heterocycles. The van der Waals surface area contributed by atoms with E-state index in [1.807, 2.05) is 6.33 Å². The topological polar surface area (TPSA) is 40.7 Å². The van der Waals surface area contributed by atoms with Gasteiger partial charge in [-0.1, -0.05) is 13.8 Å². The van der Waals surface area contributed by atoms with Gasteiger partial charge in [0.05, 0.1) is 17.6 Å². The van der Waals surface area contributed by atoms with E-state index < -0.39 is 0 Å². The third kappa shape index (κ3) is 0.836. The molecule has 2 aliphatic rings. The summed E-state index contributed by atoms with van der Waals surface area (Å²) < 4.78 is 0. The summed E-state index contributed by atoms with van der Waals surface area (Å²) in [4.78, 5) is 7.76. The van der Waals surface area contributed by atoms with E-state index in [0.29, 0.717) is 5.92 Å². The Morgan fingerprint density at radius 1 is 1.50 bits per heavy atom. The first-order valence-electron chi connectivity index (χ1n) is 5.52. The molecule has 1 fully saturated rings. The number of fused-ring (bicyclic) bond motifs is 2. The van der Waals surface area contributed by atoms with Crippen LogP contribution in [0.2, 0.25) is 0 Å². The smallest absolute Gasteiger partial charge is 0.0926 e. The monoisotopic (exact) mass is 191 g/mol. The maximum Gasteiger partial charge on any atom is 0.0926 e. The zero-order chi connectivity index (χ0) is 9.76. The van der Waals surface area contributed by atoms with Crippen molar-refractivity contribution in [1.82, 2.24) is 15.3 Å². The summed E-state index contributed by atoms with van der Waals surface area (Å²) in [7, 11) is 0. The molecule has 3 unspecified atom stereocenters. The van der Waals surface area contributed by atoms with Gasteiger partial charge < -0.3 is 10.3 Å². The van der Waals surface area contributed by atoms with Crippen molar-refractivity contribution >= 4 is 0 Å². The molecule has 0 bridgehead atoms. The number of hydrogen-bond acceptors (Lipinski definition) is 2. The largest absolute Gasteiger partial charge is 0.348 e. The van der Waals surface area contributed by atoms with Gasteiger partial charge >= 0.3 is 0 Å². The molecular formula is C11H17N3. The van der Waals surface area contributed by atoms with E-state index in [9.17, 15) is 0 Å². The number of imidazole rings is 1. The third-order valence-corrected chi connectivity index (χ3v) is 4.23. The van der Waals surface area contributed by atoms with Crippen LogP contribution in [-0.2, 0) is 12.0 Å². The van der Waals surface area contributed by atoms with Crippen LogP contribution in [0.3, 0.4) is 0 Å². The first kappa shape index (κ1) is 8.48. The summed E-state index contributed by atoms with van der Waals surface area (Å²) in [6, 6.07) is 0. The maximum atomic E-state index is 4.50. The predicted octanol–water partition coefficient (Wildman–Crippen LogP) is 1.43. The van der Waals surface area contributed by atoms with Crippen LogP contribution < -0.4 is 5.32 Å². The second-order valence-corrected chi connectivity index (χ2v) is 4.85. The predicted molar refractivity (Wildman–Crippen MR) is 54.9 cm³/mol. The van der Waals surface area contributed by atoms with Gasteiger partial charge in [-0.15, -0.1) is 0 Å². The molecule has 76 valence electrons. The van der Waals surface area contributed by atoms with Gasteiger partial charge in [0, 0.05) is 18.7 Å². The Kier molecular flexibility index (Phi) is 1.57. The van der Waals surface area contributed by atoms with Crippen LogP contribution in [0.15, 0.2) is 6.33 Å². The lowest BCUT2D eigenvalue weighted by Gasteiger charge is -2.54. The van der Waals surface area contributed by atoms with Crippen molar-refractivity contribution in [2.45, 2.75) is 32.2 Å². The highest BCUT2D eigenvalue weighted by atomic mass is 15.1. The molecule has 1 aromatic rings. The summed E-state index contributed by atoms with van der Waals surface area (Å²) in [5.41, 5.74) is 2.84. The van der Waals surface area contributed by atoms with E-state index in [-0.39, 0.29) is 5.54 Å². The molecule has 2 N–H and O–H groups in total. The van der Waals surface area contributed by atoms with Crippen molar-refractivity contribution in [3.05, 3.63) is 17.7 Å². The SMILES string of the molecule is CC1CC2(NCCc3[nH]cnc32)C1C. The van der Waals surface area contributed by atoms with Crippen LogP contribution in [-0.4, -0.2) is 16.5 Å². The van der Waals surface area contributed by atoms with Crippen LogP contribution in [0, 0.1) is 11.8 Å². The normalized spacial score (nSPS) is 40.7. The molecule has 1 aromatic heterocycles. The molecule has 0 radical (unpaired) electrons. The van der Waals surface area contributed by atoms with Crippen molar-refractivity contribution in [3.8, 4) is 0 Å². The van der Waals surface area contributed by atoms with E-state index in [0.717, 1.165) is 18.9 Å². The second-order valence-electron chi connectivity index (χ2n) is 4.85. The molecule has 1 aliphatic carbocycles. The van der Waals surface area contributed by atoms with E-state index in [1.165, 1.54) is 17.8 Å². The van der Waals surface area contributed by atoms with Crippen LogP contribution in [0.5, 0.6) is 0 Å². The third-order valence-electron chi connectivity index (χ3n) is 4.23. The van der Waals surface area contributed by atoms with Gasteiger partial charge in [-0.2, -0.15) is 0 Å². The standard InChI is InChI=1S/C11H17N3/c1-7-5-11(8(7)2)10-9(3-4-14-11)12-6-13-10/h6-8,14H,3-5H2,1-2H3,(H,12,13). The molecule has 2 heterocycles. The summed E-state index contributed by atoms with van der Waals surface area (Å²) in [6.45, 7) is 5.76. The van der Waals surface area contributed by atoms with Gasteiger partial charge in [-0.3, -0.25) is 0 Å². The van der Waals surface area contributed by atoms with Crippen LogP contribution in [0.4, 0.5) is 0 Å². The summed E-state index contributed by atoms with van der Waals surface area (Å²) in [6.07, 6.45) is 4.18. The Hall–Kier alpha value is -0.830. The Morgan fingerprint density at radius 3 is 3.07 bits per heavy atom. The average Bonchev–Trinajstić information content (AvgIpc) is 2.66. The minimum absolute atomic E-state index is 0.201. The molecule has 1 saturated carbocycles. The molecule has 0 saturated heterocycles. The Labute approximate surface area is 84.3 Å². The average molecular weight is 191 g/mol. The quantitative estimate of drug-likeness (QED) is 0.651. The maximum absolute atomic E-state index is 4.50. The first-order valence-corrected chi connectivity index (χ1v) is 5.52. The Balaban J connectivity index is 2.04. The number of aromatic nitrogens is 2. The molecule has 3 nitrogen and oxygen atoms in total. The van der Waals surface area contributed by atoms with E-state index in [1.54, 1.807) is 0 Å². The van der Waals surface area contributed by atoms with Crippen molar-refractivity contribution in [1.29, 1.82) is 0 Å². The molecule has 0 aromatic carbocycles. The number of hydrogen-bond donors (Lipinski definition) is 2. The molecule has 3 rings (SSSR count). The number of rotatable bonds is 0. The van der Waals surface area contributed by atoms with Crippen LogP contribution >= 0.6 is 0 Å². The van der Waals surface area contributed by atoms with Gasteiger partial charge in [-0.05, 0) is 18.3 Å².